The standard InChI is InChI=1S/C27H40O6/c1-2-3-4-5-6-7-8-9-10-11-12-13-14-16-21-17-15-18-22(19-21)32-27-26(31)25(30)24(29)23(20-28)33-27/h2,4-5,7-8,15,17-19,23-31H,1,3,6,9-14,16,20H2/b5-4-,8-7-/t23?,24-,25-,26?,27+/m0/s1. The van der Waals surface area contributed by atoms with Crippen LogP contribution in [-0.2, 0) is 11.2 Å². The number of hydrogen-bond donors (Lipinski definition) is 4. The van der Waals surface area contributed by atoms with E-state index in [-0.39, 0.29) is 0 Å². The van der Waals surface area contributed by atoms with Crippen molar-refractivity contribution >= 4 is 0 Å². The van der Waals surface area contributed by atoms with Crippen molar-refractivity contribution in [2.45, 2.75) is 88.5 Å². The van der Waals surface area contributed by atoms with E-state index in [1.54, 1.807) is 6.07 Å². The Hall–Kier alpha value is -1.96. The zero-order valence-electron chi connectivity index (χ0n) is 19.5. The number of allylic oxidation sites excluding steroid dienone is 5. The van der Waals surface area contributed by atoms with Gasteiger partial charge in [0, 0.05) is 0 Å². The summed E-state index contributed by atoms with van der Waals surface area (Å²) in [6.45, 7) is 3.22. The second kappa shape index (κ2) is 15.8. The monoisotopic (exact) mass is 460 g/mol. The summed E-state index contributed by atoms with van der Waals surface area (Å²) in [5.74, 6) is 0.517. The number of unbranched alkanes of at least 4 members (excludes halogenated alkanes) is 5. The molecular formula is C27H40O6. The zero-order chi connectivity index (χ0) is 23.9. The molecule has 0 saturated carbocycles. The smallest absolute Gasteiger partial charge is 0.229 e. The van der Waals surface area contributed by atoms with Crippen LogP contribution >= 0.6 is 0 Å². The lowest BCUT2D eigenvalue weighted by molar-refractivity contribution is -0.277. The summed E-state index contributed by atoms with van der Waals surface area (Å²) in [6.07, 6.45) is 14.2. The highest BCUT2D eigenvalue weighted by Crippen LogP contribution is 2.25. The van der Waals surface area contributed by atoms with Crippen molar-refractivity contribution in [2.75, 3.05) is 6.61 Å². The summed E-state index contributed by atoms with van der Waals surface area (Å²) >= 11 is 0. The average molecular weight is 461 g/mol. The van der Waals surface area contributed by atoms with E-state index in [4.69, 9.17) is 9.47 Å². The molecule has 4 N–H and O–H groups in total. The third-order valence-electron chi connectivity index (χ3n) is 5.74. The summed E-state index contributed by atoms with van der Waals surface area (Å²) in [4.78, 5) is 0. The summed E-state index contributed by atoms with van der Waals surface area (Å²) in [6, 6.07) is 7.57. The summed E-state index contributed by atoms with van der Waals surface area (Å²) in [7, 11) is 0. The van der Waals surface area contributed by atoms with Crippen LogP contribution in [0.2, 0.25) is 0 Å². The molecule has 184 valence electrons. The molecule has 2 unspecified atom stereocenters. The van der Waals surface area contributed by atoms with Crippen molar-refractivity contribution in [1.29, 1.82) is 0 Å². The molecule has 0 aliphatic carbocycles. The second-order valence-corrected chi connectivity index (χ2v) is 8.47. The number of aryl methyl sites for hydroxylation is 1. The summed E-state index contributed by atoms with van der Waals surface area (Å²) < 4.78 is 11.1. The molecule has 1 heterocycles. The topological polar surface area (TPSA) is 99.4 Å². The van der Waals surface area contributed by atoms with Gasteiger partial charge in [-0.2, -0.15) is 0 Å². The van der Waals surface area contributed by atoms with E-state index in [1.165, 1.54) is 25.7 Å². The van der Waals surface area contributed by atoms with Crippen molar-refractivity contribution in [1.82, 2.24) is 0 Å². The molecule has 33 heavy (non-hydrogen) atoms. The number of ether oxygens (including phenoxy) is 2. The van der Waals surface area contributed by atoms with Crippen molar-refractivity contribution in [3.63, 3.8) is 0 Å². The van der Waals surface area contributed by atoms with Gasteiger partial charge in [-0.15, -0.1) is 6.58 Å². The van der Waals surface area contributed by atoms with Gasteiger partial charge >= 0.3 is 0 Å². The largest absolute Gasteiger partial charge is 0.462 e. The van der Waals surface area contributed by atoms with Gasteiger partial charge in [-0.25, -0.2) is 0 Å². The quantitative estimate of drug-likeness (QED) is 0.235. The molecule has 6 nitrogen and oxygen atoms in total. The van der Waals surface area contributed by atoms with Gasteiger partial charge in [0.2, 0.25) is 6.29 Å². The van der Waals surface area contributed by atoms with Crippen LogP contribution in [0.5, 0.6) is 5.75 Å². The van der Waals surface area contributed by atoms with Crippen LogP contribution in [-0.4, -0.2) is 57.7 Å². The van der Waals surface area contributed by atoms with Crippen LogP contribution in [0.3, 0.4) is 0 Å². The van der Waals surface area contributed by atoms with Crippen molar-refractivity contribution in [3.05, 3.63) is 66.8 Å². The lowest BCUT2D eigenvalue weighted by atomic mass is 9.99. The maximum Gasteiger partial charge on any atom is 0.229 e. The Labute approximate surface area is 197 Å². The van der Waals surface area contributed by atoms with Gasteiger partial charge < -0.3 is 29.9 Å². The van der Waals surface area contributed by atoms with Gasteiger partial charge in [0.1, 0.15) is 30.2 Å². The first-order valence-corrected chi connectivity index (χ1v) is 12.0. The first-order valence-electron chi connectivity index (χ1n) is 12.0. The van der Waals surface area contributed by atoms with E-state index in [0.717, 1.165) is 37.7 Å². The fourth-order valence-corrected chi connectivity index (χ4v) is 3.78. The molecular weight excluding hydrogens is 420 g/mol. The molecule has 1 aromatic carbocycles. The van der Waals surface area contributed by atoms with Gasteiger partial charge in [0.15, 0.2) is 0 Å². The Morgan fingerprint density at radius 3 is 2.39 bits per heavy atom. The summed E-state index contributed by atoms with van der Waals surface area (Å²) in [5.41, 5.74) is 1.13. The molecule has 1 aromatic rings. The third kappa shape index (κ3) is 9.82. The molecule has 1 aliphatic rings. The predicted octanol–water partition coefficient (Wildman–Crippen LogP) is 3.83. The molecule has 1 saturated heterocycles. The molecule has 5 atom stereocenters. The van der Waals surface area contributed by atoms with Gasteiger partial charge in [0.05, 0.1) is 6.61 Å². The number of rotatable bonds is 15. The molecule has 0 amide bonds. The van der Waals surface area contributed by atoms with E-state index in [1.807, 2.05) is 24.3 Å². The minimum Gasteiger partial charge on any atom is -0.462 e. The van der Waals surface area contributed by atoms with Crippen molar-refractivity contribution in [2.24, 2.45) is 0 Å². The minimum atomic E-state index is -1.45. The lowest BCUT2D eigenvalue weighted by Gasteiger charge is -2.39. The van der Waals surface area contributed by atoms with Crippen molar-refractivity contribution in [3.8, 4) is 5.75 Å². The lowest BCUT2D eigenvalue weighted by Crippen LogP contribution is -2.60. The molecule has 0 bridgehead atoms. The fourth-order valence-electron chi connectivity index (χ4n) is 3.78. The van der Waals surface area contributed by atoms with E-state index in [2.05, 4.69) is 30.9 Å². The highest BCUT2D eigenvalue weighted by molar-refractivity contribution is 5.28. The van der Waals surface area contributed by atoms with Crippen LogP contribution in [0.25, 0.3) is 0 Å². The molecule has 1 fully saturated rings. The average Bonchev–Trinajstić information content (AvgIpc) is 2.82. The first-order chi connectivity index (χ1) is 16.1. The Balaban J connectivity index is 1.64. The molecule has 1 aliphatic heterocycles. The Morgan fingerprint density at radius 1 is 0.879 bits per heavy atom. The number of benzene rings is 1. The van der Waals surface area contributed by atoms with E-state index >= 15 is 0 Å². The van der Waals surface area contributed by atoms with Crippen LogP contribution in [0, 0.1) is 0 Å². The molecule has 0 radical (unpaired) electrons. The Bertz CT molecular complexity index is 729. The first kappa shape index (κ1) is 27.3. The van der Waals surface area contributed by atoms with E-state index in [0.29, 0.717) is 5.75 Å². The third-order valence-corrected chi connectivity index (χ3v) is 5.74. The van der Waals surface area contributed by atoms with Crippen molar-refractivity contribution < 1.29 is 29.9 Å². The van der Waals surface area contributed by atoms with Crippen LogP contribution in [0.15, 0.2) is 61.2 Å². The normalized spacial score (nSPS) is 25.6. The van der Waals surface area contributed by atoms with Gasteiger partial charge in [0.25, 0.3) is 0 Å². The second-order valence-electron chi connectivity index (χ2n) is 8.47. The van der Waals surface area contributed by atoms with Crippen LogP contribution in [0.1, 0.15) is 56.9 Å². The Kier molecular flexibility index (Phi) is 13.1. The van der Waals surface area contributed by atoms with E-state index in [9.17, 15) is 20.4 Å². The zero-order valence-corrected chi connectivity index (χ0v) is 19.5. The van der Waals surface area contributed by atoms with E-state index < -0.39 is 37.3 Å². The maximum absolute atomic E-state index is 10.1. The maximum atomic E-state index is 10.1. The SMILES string of the molecule is C=CC/C=C\C/C=C\CCCCCCCc1cccc(O[C@@H]2OC(CO)[C@H](O)[C@H](O)C2O)c1. The number of aliphatic hydroxyl groups excluding tert-OH is 4. The molecule has 2 rings (SSSR count). The molecule has 0 aromatic heterocycles. The molecule has 6 heteroatoms. The predicted molar refractivity (Wildman–Crippen MR) is 130 cm³/mol. The van der Waals surface area contributed by atoms with Gasteiger partial charge in [-0.05, 0) is 56.2 Å². The fraction of sp³-hybridized carbons (Fsp3) is 0.556. The minimum absolute atomic E-state index is 0.478. The summed E-state index contributed by atoms with van der Waals surface area (Å²) in [5, 5.41) is 39.2. The highest BCUT2D eigenvalue weighted by Gasteiger charge is 2.44. The van der Waals surface area contributed by atoms with Gasteiger partial charge in [-0.1, -0.05) is 61.8 Å². The van der Waals surface area contributed by atoms with Gasteiger partial charge in [-0.3, -0.25) is 0 Å². The molecule has 0 spiro atoms. The highest BCUT2D eigenvalue weighted by atomic mass is 16.7. The number of hydrogen-bond acceptors (Lipinski definition) is 6. The Morgan fingerprint density at radius 2 is 1.61 bits per heavy atom. The number of aliphatic hydroxyl groups is 4. The van der Waals surface area contributed by atoms with Crippen LogP contribution < -0.4 is 4.74 Å². The van der Waals surface area contributed by atoms with Crippen LogP contribution in [0.4, 0.5) is 0 Å².